The summed E-state index contributed by atoms with van der Waals surface area (Å²) in [7, 11) is -1.69. The van der Waals surface area contributed by atoms with E-state index in [1.54, 1.807) is 4.90 Å². The number of carboxylic acids is 1. The van der Waals surface area contributed by atoms with E-state index in [2.05, 4.69) is 24.5 Å². The average molecular weight is 628 g/mol. The highest BCUT2D eigenvalue weighted by molar-refractivity contribution is 7.48. The van der Waals surface area contributed by atoms with Crippen LogP contribution in [0.4, 0.5) is 0 Å². The number of benzene rings is 1. The number of aldehydes is 1. The van der Waals surface area contributed by atoms with E-state index in [1.807, 2.05) is 0 Å². The predicted octanol–water partition coefficient (Wildman–Crippen LogP) is 3.88. The molecule has 1 rings (SSSR count). The number of carbonyl (C=O) groups is 5. The van der Waals surface area contributed by atoms with Gasteiger partial charge >= 0.3 is 13.8 Å². The molecule has 0 aliphatic carbocycles. The van der Waals surface area contributed by atoms with E-state index < -0.39 is 37.7 Å². The number of aliphatic carboxylic acids is 1. The molecule has 0 spiro atoms. The summed E-state index contributed by atoms with van der Waals surface area (Å²) in [5, 5.41) is 14.5. The number of nitrogens with zero attached hydrogens (tertiary/aromatic N) is 1. The number of phosphoric ester groups is 1. The summed E-state index contributed by atoms with van der Waals surface area (Å²) >= 11 is 0. The Labute approximate surface area is 253 Å². The summed E-state index contributed by atoms with van der Waals surface area (Å²) in [5.74, 6) is -2.74. The minimum Gasteiger partial charge on any atom is -0.481 e. The van der Waals surface area contributed by atoms with Gasteiger partial charge in [0.1, 0.15) is 17.8 Å². The van der Waals surface area contributed by atoms with Crippen molar-refractivity contribution in [1.82, 2.24) is 15.5 Å². The third-order valence-corrected chi connectivity index (χ3v) is 7.94. The Bertz CT molecular complexity index is 1110. The van der Waals surface area contributed by atoms with Gasteiger partial charge in [-0.05, 0) is 37.0 Å². The monoisotopic (exact) mass is 627 g/mol. The molecule has 2 atom stereocenters. The Kier molecular flexibility index (Phi) is 17.4. The predicted molar refractivity (Wildman–Crippen MR) is 160 cm³/mol. The SMILES string of the molecule is CCCCCN(CCCCC)C(=O)C(CCC(=O)O)NC(=O)C(Cc1ccc(OP(=O)(OC)OC)c(C=O)c1)NC(C)=O. The molecule has 13 nitrogen and oxygen atoms in total. The van der Waals surface area contributed by atoms with Crippen LogP contribution in [0.2, 0.25) is 0 Å². The second kappa shape index (κ2) is 19.8. The van der Waals surface area contributed by atoms with Crippen molar-refractivity contribution in [3.8, 4) is 5.75 Å². The number of phosphoric acid groups is 1. The van der Waals surface area contributed by atoms with E-state index in [4.69, 9.17) is 13.6 Å². The first-order chi connectivity index (χ1) is 20.4. The number of rotatable bonds is 22. The largest absolute Gasteiger partial charge is 0.529 e. The van der Waals surface area contributed by atoms with Crippen molar-refractivity contribution in [2.24, 2.45) is 0 Å². The van der Waals surface area contributed by atoms with Gasteiger partial charge in [-0.2, -0.15) is 0 Å². The molecule has 3 amide bonds. The number of amides is 3. The van der Waals surface area contributed by atoms with Gasteiger partial charge in [0.25, 0.3) is 0 Å². The molecule has 0 aromatic heterocycles. The van der Waals surface area contributed by atoms with Gasteiger partial charge in [-0.15, -0.1) is 0 Å². The Hall–Kier alpha value is -3.28. The molecule has 0 fully saturated rings. The van der Waals surface area contributed by atoms with Gasteiger partial charge in [-0.3, -0.25) is 33.0 Å². The van der Waals surface area contributed by atoms with E-state index in [0.29, 0.717) is 24.9 Å². The highest BCUT2D eigenvalue weighted by Crippen LogP contribution is 2.48. The maximum absolute atomic E-state index is 13.6. The van der Waals surface area contributed by atoms with Gasteiger partial charge in [0.05, 0.1) is 5.56 Å². The highest BCUT2D eigenvalue weighted by Gasteiger charge is 2.30. The topological polar surface area (TPSA) is 178 Å². The van der Waals surface area contributed by atoms with E-state index >= 15 is 0 Å². The molecule has 1 aromatic carbocycles. The Morgan fingerprint density at radius 2 is 1.58 bits per heavy atom. The third-order valence-electron chi connectivity index (χ3n) is 6.63. The minimum atomic E-state index is -3.94. The van der Waals surface area contributed by atoms with Gasteiger partial charge in [-0.1, -0.05) is 45.6 Å². The summed E-state index contributed by atoms with van der Waals surface area (Å²) in [6.45, 7) is 6.33. The van der Waals surface area contributed by atoms with Gasteiger partial charge in [-0.25, -0.2) is 4.57 Å². The fraction of sp³-hybridized carbons (Fsp3) is 0.621. The van der Waals surface area contributed by atoms with Crippen molar-refractivity contribution in [3.63, 3.8) is 0 Å². The molecule has 0 aliphatic rings. The van der Waals surface area contributed by atoms with Crippen LogP contribution in [0, 0.1) is 0 Å². The number of carbonyl (C=O) groups excluding carboxylic acids is 4. The lowest BCUT2D eigenvalue weighted by Crippen LogP contribution is -2.55. The van der Waals surface area contributed by atoms with E-state index in [0.717, 1.165) is 52.7 Å². The van der Waals surface area contributed by atoms with Crippen LogP contribution in [0.15, 0.2) is 18.2 Å². The van der Waals surface area contributed by atoms with Crippen molar-refractivity contribution in [3.05, 3.63) is 29.3 Å². The molecule has 0 radical (unpaired) electrons. The summed E-state index contributed by atoms with van der Waals surface area (Å²) in [4.78, 5) is 63.9. The third kappa shape index (κ3) is 13.7. The number of hydrogen-bond acceptors (Lipinski definition) is 9. The summed E-state index contributed by atoms with van der Waals surface area (Å²) in [5.41, 5.74) is 0.445. The van der Waals surface area contributed by atoms with Crippen molar-refractivity contribution in [2.45, 2.75) is 90.6 Å². The molecule has 242 valence electrons. The van der Waals surface area contributed by atoms with E-state index in [9.17, 15) is 33.6 Å². The fourth-order valence-electron chi connectivity index (χ4n) is 4.32. The second-order valence-corrected chi connectivity index (χ2v) is 11.9. The van der Waals surface area contributed by atoms with Crippen molar-refractivity contribution in [1.29, 1.82) is 0 Å². The molecule has 2 unspecified atom stereocenters. The van der Waals surface area contributed by atoms with Crippen LogP contribution < -0.4 is 15.2 Å². The lowest BCUT2D eigenvalue weighted by molar-refractivity contribution is -0.140. The molecular weight excluding hydrogens is 581 g/mol. The zero-order valence-corrected chi connectivity index (χ0v) is 26.7. The maximum Gasteiger partial charge on any atom is 0.529 e. The standard InChI is InChI=1S/C29H46N3O10P/c1-6-8-10-16-32(17-11-9-7-2)29(38)24(13-15-27(35)36)31-28(37)25(30-21(3)34)19-22-12-14-26(23(18-22)20-33)42-43(39,40-4)41-5/h12,14,18,20,24-25H,6-11,13,15-17,19H2,1-5H3,(H,30,34)(H,31,37)(H,35,36). The second-order valence-electron chi connectivity index (χ2n) is 10.1. The Morgan fingerprint density at radius 3 is 2.07 bits per heavy atom. The van der Waals surface area contributed by atoms with Crippen LogP contribution in [0.25, 0.3) is 0 Å². The number of nitrogens with one attached hydrogen (secondary N) is 2. The highest BCUT2D eigenvalue weighted by atomic mass is 31.2. The van der Waals surface area contributed by atoms with Gasteiger partial charge in [0.15, 0.2) is 6.29 Å². The maximum atomic E-state index is 13.6. The van der Waals surface area contributed by atoms with Crippen LogP contribution in [0.3, 0.4) is 0 Å². The molecule has 43 heavy (non-hydrogen) atoms. The first kappa shape index (κ1) is 37.7. The molecule has 0 saturated carbocycles. The summed E-state index contributed by atoms with van der Waals surface area (Å²) in [6, 6.07) is 2.01. The lowest BCUT2D eigenvalue weighted by atomic mass is 10.0. The molecule has 0 heterocycles. The van der Waals surface area contributed by atoms with Crippen LogP contribution >= 0.6 is 7.82 Å². The summed E-state index contributed by atoms with van der Waals surface area (Å²) < 4.78 is 27.1. The number of unbranched alkanes of at least 4 members (excludes halogenated alkanes) is 4. The fourth-order valence-corrected chi connectivity index (χ4v) is 5.02. The number of carboxylic acid groups (broad SMARTS) is 1. The molecular formula is C29H46N3O10P. The molecule has 0 bridgehead atoms. The van der Waals surface area contributed by atoms with Crippen molar-refractivity contribution < 1.29 is 47.2 Å². The van der Waals surface area contributed by atoms with E-state index in [-0.39, 0.29) is 36.5 Å². The van der Waals surface area contributed by atoms with Crippen molar-refractivity contribution in [2.75, 3.05) is 27.3 Å². The van der Waals surface area contributed by atoms with E-state index in [1.165, 1.54) is 25.1 Å². The average Bonchev–Trinajstić information content (AvgIpc) is 2.98. The molecule has 0 saturated heterocycles. The first-order valence-electron chi connectivity index (χ1n) is 14.5. The van der Waals surface area contributed by atoms with Crippen LogP contribution in [-0.4, -0.2) is 79.4 Å². The van der Waals surface area contributed by atoms with Gasteiger partial charge < -0.3 is 25.2 Å². The molecule has 1 aromatic rings. The van der Waals surface area contributed by atoms with Crippen molar-refractivity contribution >= 4 is 37.8 Å². The van der Waals surface area contributed by atoms with Crippen LogP contribution in [0.1, 0.15) is 88.1 Å². The molecule has 14 heteroatoms. The Balaban J connectivity index is 3.25. The molecule has 3 N–H and O–H groups in total. The van der Waals surface area contributed by atoms with Gasteiger partial charge in [0.2, 0.25) is 17.7 Å². The zero-order chi connectivity index (χ0) is 32.4. The van der Waals surface area contributed by atoms with Crippen LogP contribution in [0.5, 0.6) is 5.75 Å². The van der Waals surface area contributed by atoms with Gasteiger partial charge in [0, 0.05) is 47.1 Å². The molecule has 0 aliphatic heterocycles. The summed E-state index contributed by atoms with van der Waals surface area (Å²) in [6.07, 6.45) is 5.28. The Morgan fingerprint density at radius 1 is 0.977 bits per heavy atom. The smallest absolute Gasteiger partial charge is 0.481 e. The zero-order valence-electron chi connectivity index (χ0n) is 25.8. The number of hydrogen-bond donors (Lipinski definition) is 3. The quantitative estimate of drug-likeness (QED) is 0.0971. The first-order valence-corrected chi connectivity index (χ1v) is 16.0. The lowest BCUT2D eigenvalue weighted by Gasteiger charge is -2.29. The minimum absolute atomic E-state index is 0.00174. The normalized spacial score (nSPS) is 12.6. The van der Waals surface area contributed by atoms with Crippen LogP contribution in [-0.2, 0) is 39.2 Å².